The third-order valence-electron chi connectivity index (χ3n) is 4.57. The van der Waals surface area contributed by atoms with Gasteiger partial charge in [-0.25, -0.2) is 4.79 Å². The average molecular weight is 407 g/mol. The highest BCUT2D eigenvalue weighted by atomic mass is 79.9. The van der Waals surface area contributed by atoms with Crippen LogP contribution in [0.2, 0.25) is 0 Å². The van der Waals surface area contributed by atoms with Crippen LogP contribution in [0, 0.1) is 0 Å². The molecule has 0 saturated heterocycles. The van der Waals surface area contributed by atoms with Gasteiger partial charge in [0.25, 0.3) is 0 Å². The smallest absolute Gasteiger partial charge is 0.321 e. The molecular formula is C18H23BrN4O2. The van der Waals surface area contributed by atoms with Gasteiger partial charge in [0.1, 0.15) is 0 Å². The first-order valence-electron chi connectivity index (χ1n) is 8.72. The monoisotopic (exact) mass is 406 g/mol. The summed E-state index contributed by atoms with van der Waals surface area (Å²) in [5.74, 6) is 1.84. The van der Waals surface area contributed by atoms with Gasteiger partial charge in [0, 0.05) is 30.4 Å². The summed E-state index contributed by atoms with van der Waals surface area (Å²) in [7, 11) is 1.76. The molecule has 1 fully saturated rings. The van der Waals surface area contributed by atoms with Crippen LogP contribution in [0.4, 0.5) is 10.5 Å². The quantitative estimate of drug-likeness (QED) is 0.787. The van der Waals surface area contributed by atoms with Crippen LogP contribution in [0.1, 0.15) is 49.7 Å². The molecule has 3 rings (SSSR count). The van der Waals surface area contributed by atoms with Gasteiger partial charge in [0.2, 0.25) is 5.89 Å². The molecule has 0 spiro atoms. The maximum absolute atomic E-state index is 12.3. The molecule has 25 heavy (non-hydrogen) atoms. The Bertz CT molecular complexity index is 713. The number of carbonyl (C=O) groups excluding carboxylic acids is 1. The summed E-state index contributed by atoms with van der Waals surface area (Å²) in [6.45, 7) is 0.528. The maximum atomic E-state index is 12.3. The van der Waals surface area contributed by atoms with E-state index in [2.05, 4.69) is 31.4 Å². The topological polar surface area (TPSA) is 71.3 Å². The molecule has 1 aliphatic carbocycles. The SMILES string of the molecule is CN(CCc1noc(C2CCCCC2)n1)C(=O)Nc1ccccc1Br. The van der Waals surface area contributed by atoms with Crippen molar-refractivity contribution in [1.29, 1.82) is 0 Å². The minimum absolute atomic E-state index is 0.164. The molecule has 134 valence electrons. The van der Waals surface area contributed by atoms with Crippen molar-refractivity contribution in [2.24, 2.45) is 0 Å². The number of likely N-dealkylation sites (N-methyl/N-ethyl adjacent to an activating group) is 1. The maximum Gasteiger partial charge on any atom is 0.321 e. The summed E-state index contributed by atoms with van der Waals surface area (Å²) in [4.78, 5) is 18.4. The second-order valence-electron chi connectivity index (χ2n) is 6.47. The second-order valence-corrected chi connectivity index (χ2v) is 7.32. The van der Waals surface area contributed by atoms with Gasteiger partial charge in [-0.05, 0) is 40.9 Å². The van der Waals surface area contributed by atoms with E-state index in [1.165, 1.54) is 19.3 Å². The molecule has 1 N–H and O–H groups in total. The molecule has 2 amide bonds. The molecule has 0 radical (unpaired) electrons. The van der Waals surface area contributed by atoms with Crippen molar-refractivity contribution >= 4 is 27.6 Å². The number of carbonyl (C=O) groups is 1. The number of anilines is 1. The number of hydrogen-bond acceptors (Lipinski definition) is 4. The fourth-order valence-corrected chi connectivity index (χ4v) is 3.41. The van der Waals surface area contributed by atoms with Crippen molar-refractivity contribution < 1.29 is 9.32 Å². The molecular weight excluding hydrogens is 384 g/mol. The Morgan fingerprint density at radius 2 is 2.08 bits per heavy atom. The van der Waals surface area contributed by atoms with Gasteiger partial charge in [0.05, 0.1) is 5.69 Å². The number of nitrogens with zero attached hydrogens (tertiary/aromatic N) is 3. The van der Waals surface area contributed by atoms with E-state index in [9.17, 15) is 4.79 Å². The summed E-state index contributed by atoms with van der Waals surface area (Å²) in [6, 6.07) is 7.37. The number of nitrogens with one attached hydrogen (secondary N) is 1. The fraction of sp³-hybridized carbons (Fsp3) is 0.500. The molecule has 1 aromatic carbocycles. The Balaban J connectivity index is 1.50. The minimum Gasteiger partial charge on any atom is -0.339 e. The predicted molar refractivity (Wildman–Crippen MR) is 99.6 cm³/mol. The summed E-state index contributed by atoms with van der Waals surface area (Å²) in [5.41, 5.74) is 0.749. The van der Waals surface area contributed by atoms with Crippen molar-refractivity contribution in [1.82, 2.24) is 15.0 Å². The third-order valence-corrected chi connectivity index (χ3v) is 5.26. The molecule has 1 saturated carbocycles. The van der Waals surface area contributed by atoms with Crippen molar-refractivity contribution in [2.75, 3.05) is 18.9 Å². The van der Waals surface area contributed by atoms with Gasteiger partial charge in [-0.1, -0.05) is 36.6 Å². The highest BCUT2D eigenvalue weighted by Crippen LogP contribution is 2.31. The van der Waals surface area contributed by atoms with Gasteiger partial charge in [-0.15, -0.1) is 0 Å². The zero-order valence-electron chi connectivity index (χ0n) is 14.4. The Hall–Kier alpha value is -1.89. The predicted octanol–water partition coefficient (Wildman–Crippen LogP) is 4.59. The zero-order valence-corrected chi connectivity index (χ0v) is 16.0. The summed E-state index contributed by atoms with van der Waals surface area (Å²) in [5, 5.41) is 6.95. The number of para-hydroxylation sites is 1. The van der Waals surface area contributed by atoms with E-state index in [4.69, 9.17) is 4.52 Å². The van der Waals surface area contributed by atoms with Gasteiger partial charge >= 0.3 is 6.03 Å². The molecule has 1 heterocycles. The van der Waals surface area contributed by atoms with Crippen LogP contribution in [-0.2, 0) is 6.42 Å². The van der Waals surface area contributed by atoms with Gasteiger partial charge in [-0.2, -0.15) is 4.98 Å². The van der Waals surface area contributed by atoms with E-state index in [1.54, 1.807) is 11.9 Å². The average Bonchev–Trinajstić information content (AvgIpc) is 3.11. The van der Waals surface area contributed by atoms with Crippen LogP contribution in [0.5, 0.6) is 0 Å². The summed E-state index contributed by atoms with van der Waals surface area (Å²) >= 11 is 3.42. The molecule has 1 aliphatic rings. The van der Waals surface area contributed by atoms with Crippen LogP contribution in [0.15, 0.2) is 33.3 Å². The van der Waals surface area contributed by atoms with Crippen LogP contribution in [0.3, 0.4) is 0 Å². The second kappa shape index (κ2) is 8.47. The summed E-state index contributed by atoms with van der Waals surface area (Å²) in [6.07, 6.45) is 6.62. The Morgan fingerprint density at radius 3 is 2.84 bits per heavy atom. The molecule has 6 nitrogen and oxygen atoms in total. The first kappa shape index (κ1) is 17.9. The number of halogens is 1. The van der Waals surface area contributed by atoms with Crippen LogP contribution >= 0.6 is 15.9 Å². The molecule has 7 heteroatoms. The normalized spacial score (nSPS) is 15.1. The number of hydrogen-bond donors (Lipinski definition) is 1. The first-order chi connectivity index (χ1) is 12.1. The standard InChI is InChI=1S/C18H23BrN4O2/c1-23(18(24)20-15-10-6-5-9-14(15)19)12-11-16-21-17(25-22-16)13-7-3-2-4-8-13/h5-6,9-10,13H,2-4,7-8,11-12H2,1H3,(H,20,24). The molecule has 0 aliphatic heterocycles. The van der Waals surface area contributed by atoms with Crippen molar-refractivity contribution in [2.45, 2.75) is 44.4 Å². The first-order valence-corrected chi connectivity index (χ1v) is 9.52. The third kappa shape index (κ3) is 4.81. The van der Waals surface area contributed by atoms with E-state index >= 15 is 0 Å². The molecule has 1 aromatic heterocycles. The fourth-order valence-electron chi connectivity index (χ4n) is 3.03. The lowest BCUT2D eigenvalue weighted by molar-refractivity contribution is 0.222. The Morgan fingerprint density at radius 1 is 1.32 bits per heavy atom. The van der Waals surface area contributed by atoms with Crippen molar-refractivity contribution in [3.8, 4) is 0 Å². The van der Waals surface area contributed by atoms with E-state index < -0.39 is 0 Å². The van der Waals surface area contributed by atoms with Crippen molar-refractivity contribution in [3.63, 3.8) is 0 Å². The highest BCUT2D eigenvalue weighted by molar-refractivity contribution is 9.10. The largest absolute Gasteiger partial charge is 0.339 e. The lowest BCUT2D eigenvalue weighted by Gasteiger charge is -2.18. The Labute approximate surface area is 156 Å². The lowest BCUT2D eigenvalue weighted by Crippen LogP contribution is -2.33. The van der Waals surface area contributed by atoms with E-state index in [0.717, 1.165) is 28.9 Å². The van der Waals surface area contributed by atoms with Crippen LogP contribution in [0.25, 0.3) is 0 Å². The minimum atomic E-state index is -0.164. The number of rotatable bonds is 5. The van der Waals surface area contributed by atoms with Gasteiger partial charge < -0.3 is 14.7 Å². The molecule has 2 aromatic rings. The number of aromatic nitrogens is 2. The van der Waals surface area contributed by atoms with E-state index in [1.807, 2.05) is 24.3 Å². The van der Waals surface area contributed by atoms with Crippen molar-refractivity contribution in [3.05, 3.63) is 40.5 Å². The molecule has 0 atom stereocenters. The Kier molecular flexibility index (Phi) is 6.07. The number of benzene rings is 1. The van der Waals surface area contributed by atoms with E-state index in [-0.39, 0.29) is 6.03 Å². The van der Waals surface area contributed by atoms with Gasteiger partial charge in [-0.3, -0.25) is 0 Å². The lowest BCUT2D eigenvalue weighted by atomic mass is 9.89. The summed E-state index contributed by atoms with van der Waals surface area (Å²) < 4.78 is 6.28. The van der Waals surface area contributed by atoms with Crippen LogP contribution in [-0.4, -0.2) is 34.7 Å². The van der Waals surface area contributed by atoms with E-state index in [0.29, 0.717) is 24.7 Å². The van der Waals surface area contributed by atoms with Gasteiger partial charge in [0.15, 0.2) is 5.82 Å². The molecule has 0 unspecified atom stereocenters. The zero-order chi connectivity index (χ0) is 17.6. The highest BCUT2D eigenvalue weighted by Gasteiger charge is 2.21. The van der Waals surface area contributed by atoms with Crippen LogP contribution < -0.4 is 5.32 Å². The number of amides is 2. The molecule has 0 bridgehead atoms. The number of urea groups is 1.